The molecule has 2 aliphatic heterocycles. The topological polar surface area (TPSA) is 118 Å². The van der Waals surface area contributed by atoms with Crippen LogP contribution in [0.15, 0.2) is 4.40 Å². The molecule has 2 rings (SSSR count). The van der Waals surface area contributed by atoms with Crippen LogP contribution in [-0.2, 0) is 41.0 Å². The maximum absolute atomic E-state index is 12.8. The van der Waals surface area contributed by atoms with Gasteiger partial charge in [-0.1, -0.05) is 41.5 Å². The predicted octanol–water partition coefficient (Wildman–Crippen LogP) is 4.13. The Morgan fingerprint density at radius 1 is 0.833 bits per heavy atom. The van der Waals surface area contributed by atoms with Gasteiger partial charge in [-0.15, -0.1) is 0 Å². The van der Waals surface area contributed by atoms with Crippen molar-refractivity contribution >= 4 is 40.5 Å². The number of rotatable bonds is 9. The smallest absolute Gasteiger partial charge is 0.241 e. The number of ether oxygens (including phenoxy) is 2. The molecule has 0 aromatic carbocycles. The van der Waals surface area contributed by atoms with E-state index < -0.39 is 32.8 Å². The molecule has 0 unspecified atom stereocenters. The van der Waals surface area contributed by atoms with Gasteiger partial charge in [-0.3, -0.25) is 9.59 Å². The fourth-order valence-electron chi connectivity index (χ4n) is 3.12. The minimum Gasteiger partial charge on any atom is -0.378 e. The van der Waals surface area contributed by atoms with Crippen molar-refractivity contribution in [2.24, 2.45) is 15.2 Å². The van der Waals surface area contributed by atoms with E-state index in [-0.39, 0.29) is 21.5 Å². The first-order chi connectivity index (χ1) is 19.2. The average Bonchev–Trinajstić information content (AvgIpc) is 2.94. The lowest BCUT2D eigenvalue weighted by atomic mass is 9.81. The van der Waals surface area contributed by atoms with Crippen molar-refractivity contribution in [2.45, 2.75) is 111 Å². The van der Waals surface area contributed by atoms with Crippen LogP contribution in [0.1, 0.15) is 95.9 Å². The maximum atomic E-state index is 12.8. The summed E-state index contributed by atoms with van der Waals surface area (Å²) in [5, 5.41) is 0. The quantitative estimate of drug-likeness (QED) is 0.301. The Labute approximate surface area is 261 Å². The normalized spacial score (nSPS) is 19.1. The molecule has 10 nitrogen and oxygen atoms in total. The Morgan fingerprint density at radius 2 is 1.31 bits per heavy atom. The predicted molar refractivity (Wildman–Crippen MR) is 175 cm³/mol. The molecule has 0 aliphatic carbocycles. The van der Waals surface area contributed by atoms with Gasteiger partial charge < -0.3 is 19.3 Å². The molecule has 248 valence electrons. The van der Waals surface area contributed by atoms with E-state index in [0.29, 0.717) is 39.5 Å². The number of amides is 2. The van der Waals surface area contributed by atoms with E-state index in [2.05, 4.69) is 36.8 Å². The molecule has 2 aliphatic rings. The maximum Gasteiger partial charge on any atom is 0.241 e. The molecule has 0 saturated carbocycles. The van der Waals surface area contributed by atoms with Gasteiger partial charge in [0.25, 0.3) is 0 Å². The van der Waals surface area contributed by atoms with Crippen LogP contribution in [0.4, 0.5) is 0 Å². The third kappa shape index (κ3) is 16.0. The fraction of sp³-hybridized carbons (Fsp3) is 0.900. The number of hydrogen-bond acceptors (Lipinski definition) is 6. The number of carbonyl (C=O) groups excluding carboxylic acids is 2. The second-order valence-corrected chi connectivity index (χ2v) is 17.8. The van der Waals surface area contributed by atoms with E-state index in [1.165, 1.54) is 0 Å². The van der Waals surface area contributed by atoms with E-state index in [0.717, 1.165) is 32.3 Å². The second kappa shape index (κ2) is 18.6. The summed E-state index contributed by atoms with van der Waals surface area (Å²) in [6.45, 7) is 29.2. The second-order valence-electron chi connectivity index (χ2n) is 13.9. The highest BCUT2D eigenvalue weighted by Crippen LogP contribution is 2.28. The molecule has 0 aromatic heterocycles. The number of morpholine rings is 2. The van der Waals surface area contributed by atoms with Gasteiger partial charge in [0.1, 0.15) is 17.0 Å². The van der Waals surface area contributed by atoms with Gasteiger partial charge in [-0.25, -0.2) is 13.1 Å². The van der Waals surface area contributed by atoms with Gasteiger partial charge in [0.2, 0.25) is 12.3 Å². The summed E-state index contributed by atoms with van der Waals surface area (Å²) >= 11 is 0. The summed E-state index contributed by atoms with van der Waals surface area (Å²) in [7, 11) is -2.39. The van der Waals surface area contributed by atoms with Crippen LogP contribution in [0.25, 0.3) is 0 Å². The number of carbonyl (C=O) groups is 2. The molecule has 2 heterocycles. The Hall–Kier alpha value is -1.21. The Balaban J connectivity index is 0.000000676. The molecule has 0 radical (unpaired) electrons. The summed E-state index contributed by atoms with van der Waals surface area (Å²) in [6, 6.07) is -0.444. The summed E-state index contributed by atoms with van der Waals surface area (Å²) in [4.78, 5) is 26.4. The molecule has 42 heavy (non-hydrogen) atoms. The Morgan fingerprint density at radius 3 is 1.67 bits per heavy atom. The van der Waals surface area contributed by atoms with Crippen molar-refractivity contribution < 1.29 is 27.5 Å². The lowest BCUT2D eigenvalue weighted by Crippen LogP contribution is -2.57. The zero-order valence-corrected chi connectivity index (χ0v) is 30.0. The van der Waals surface area contributed by atoms with Crippen molar-refractivity contribution in [3.05, 3.63) is 0 Å². The van der Waals surface area contributed by atoms with Gasteiger partial charge in [0.15, 0.2) is 0 Å². The third-order valence-corrected chi connectivity index (χ3v) is 10.1. The SMILES string of the molecule is CCC(C)(C)C=N[S@@](=O)C(C)(C)C.CCC(C)(C)[C@@H](N[S@@](=O)C(C)(C)C)C(=O)N1CCOCC1.O=CN1CCOCC1. The lowest BCUT2D eigenvalue weighted by Gasteiger charge is -2.38. The van der Waals surface area contributed by atoms with E-state index in [9.17, 15) is 18.0 Å². The first-order valence-corrected chi connectivity index (χ1v) is 17.3. The standard InChI is InChI=1S/C15H30N2O3S.C10H21NOS.C5H9NO2/c1-7-15(5,6)12(16-21(19)14(2,3)4)13(18)17-8-10-20-11-9-17;1-7-10(5,6)8-11-13(12)9(2,3)4;7-5-6-1-3-8-4-2-6/h12,16H,7-11H2,1-6H3;8H,7H2,1-6H3;5H,1-4H2/t12-,21-;13-;/m00./s1. The molecule has 2 fully saturated rings. The van der Waals surface area contributed by atoms with Crippen molar-refractivity contribution in [3.8, 4) is 0 Å². The van der Waals surface area contributed by atoms with Crippen LogP contribution in [-0.4, -0.2) is 105 Å². The van der Waals surface area contributed by atoms with Crippen LogP contribution in [0.5, 0.6) is 0 Å². The molecule has 12 heteroatoms. The van der Waals surface area contributed by atoms with Crippen molar-refractivity contribution in [3.63, 3.8) is 0 Å². The highest BCUT2D eigenvalue weighted by atomic mass is 32.2. The van der Waals surface area contributed by atoms with Crippen LogP contribution < -0.4 is 4.72 Å². The van der Waals surface area contributed by atoms with E-state index >= 15 is 0 Å². The minimum atomic E-state index is -1.27. The number of nitrogens with one attached hydrogen (secondary N) is 1. The molecular weight excluding hydrogens is 576 g/mol. The summed E-state index contributed by atoms with van der Waals surface area (Å²) in [5.74, 6) is 0.0303. The van der Waals surface area contributed by atoms with Crippen LogP contribution in [0.3, 0.4) is 0 Å². The summed E-state index contributed by atoms with van der Waals surface area (Å²) in [6.07, 6.45) is 4.52. The highest BCUT2D eigenvalue weighted by molar-refractivity contribution is 7.85. The van der Waals surface area contributed by atoms with Gasteiger partial charge in [0, 0.05) is 37.8 Å². The first-order valence-electron chi connectivity index (χ1n) is 15.0. The monoisotopic (exact) mass is 636 g/mol. The molecule has 0 aromatic rings. The summed E-state index contributed by atoms with van der Waals surface area (Å²) in [5.41, 5.74) is -0.197. The largest absolute Gasteiger partial charge is 0.378 e. The molecule has 3 atom stereocenters. The lowest BCUT2D eigenvalue weighted by molar-refractivity contribution is -0.139. The van der Waals surface area contributed by atoms with Gasteiger partial charge >= 0.3 is 0 Å². The first kappa shape index (κ1) is 40.8. The molecule has 0 spiro atoms. The average molecular weight is 637 g/mol. The van der Waals surface area contributed by atoms with Gasteiger partial charge in [-0.2, -0.15) is 4.40 Å². The fourth-order valence-corrected chi connectivity index (χ4v) is 4.81. The van der Waals surface area contributed by atoms with Crippen LogP contribution in [0.2, 0.25) is 0 Å². The van der Waals surface area contributed by atoms with Gasteiger partial charge in [-0.05, 0) is 59.8 Å². The van der Waals surface area contributed by atoms with Crippen molar-refractivity contribution in [2.75, 3.05) is 52.6 Å². The zero-order chi connectivity index (χ0) is 32.8. The van der Waals surface area contributed by atoms with E-state index in [1.807, 2.05) is 66.5 Å². The molecule has 1 N–H and O–H groups in total. The van der Waals surface area contributed by atoms with Gasteiger partial charge in [0.05, 0.1) is 46.9 Å². The summed E-state index contributed by atoms with van der Waals surface area (Å²) < 4.78 is 40.8. The minimum absolute atomic E-state index is 0.0303. The van der Waals surface area contributed by atoms with Crippen molar-refractivity contribution in [1.82, 2.24) is 14.5 Å². The zero-order valence-electron chi connectivity index (χ0n) is 28.4. The number of nitrogens with zero attached hydrogens (tertiary/aromatic N) is 3. The molecule has 0 bridgehead atoms. The Bertz CT molecular complexity index is 885. The highest BCUT2D eigenvalue weighted by Gasteiger charge is 2.39. The molecular formula is C30H60N4O6S2. The molecule has 2 saturated heterocycles. The van der Waals surface area contributed by atoms with Crippen LogP contribution in [0, 0.1) is 10.8 Å². The van der Waals surface area contributed by atoms with E-state index in [1.54, 1.807) is 4.90 Å². The van der Waals surface area contributed by atoms with Crippen molar-refractivity contribution in [1.29, 1.82) is 0 Å². The van der Waals surface area contributed by atoms with E-state index in [4.69, 9.17) is 9.47 Å². The third-order valence-electron chi connectivity index (χ3n) is 7.17. The number of hydrogen-bond donors (Lipinski definition) is 1. The molecule has 2 amide bonds. The Kier molecular flexibility index (Phi) is 18.0. The van der Waals surface area contributed by atoms with Crippen LogP contribution >= 0.6 is 0 Å².